The van der Waals surface area contributed by atoms with E-state index in [-0.39, 0.29) is 49.3 Å². The molecule has 0 aliphatic heterocycles. The molecule has 0 aliphatic rings. The van der Waals surface area contributed by atoms with Crippen LogP contribution in [0.1, 0.15) is 75.8 Å². The minimum Gasteiger partial charge on any atom is -0.508 e. The zero-order valence-electron chi connectivity index (χ0n) is 33.2. The molecule has 3 atom stereocenters. The van der Waals surface area contributed by atoms with Crippen molar-refractivity contribution in [2.75, 3.05) is 13.1 Å². The van der Waals surface area contributed by atoms with Gasteiger partial charge in [-0.05, 0) is 112 Å². The molecule has 13 nitrogen and oxygen atoms in total. The third-order valence-electron chi connectivity index (χ3n) is 10.5. The minimum absolute atomic E-state index is 0.0806. The second kappa shape index (κ2) is 18.0. The van der Waals surface area contributed by atoms with Crippen LogP contribution in [0.25, 0.3) is 21.8 Å². The number of rotatable bonds is 11. The Kier molecular flexibility index (Phi) is 13.2. The Morgan fingerprint density at radius 2 is 1.03 bits per heavy atom. The lowest BCUT2D eigenvalue weighted by Gasteiger charge is -2.16. The SMILES string of the molecule is Cc1c(C(C)C(=O)NCC(=O)OC(=O)C(C)CNC(=O)C(C)c2c(C)n(C(=O)c3ccc(Cl)c(Cl)c3)c3ccc(O)cc23)c2cc(O)ccc2n1C(=O)c1ccc(Cl)c(Cl)c1. The average Bonchev–Trinajstić information content (AvgIpc) is 3.67. The summed E-state index contributed by atoms with van der Waals surface area (Å²) < 4.78 is 7.80. The average molecular weight is 909 g/mol. The van der Waals surface area contributed by atoms with Gasteiger partial charge in [0.15, 0.2) is 0 Å². The number of amides is 2. The van der Waals surface area contributed by atoms with Gasteiger partial charge in [-0.1, -0.05) is 53.3 Å². The quantitative estimate of drug-likeness (QED) is 0.0731. The topological polar surface area (TPSA) is 186 Å². The molecular formula is C44H38Cl4N4O9. The maximum atomic E-state index is 13.7. The smallest absolute Gasteiger partial charge is 0.333 e. The molecule has 2 aromatic heterocycles. The molecule has 17 heteroatoms. The first kappa shape index (κ1) is 44.7. The highest BCUT2D eigenvalue weighted by Gasteiger charge is 2.30. The highest BCUT2D eigenvalue weighted by Crippen LogP contribution is 2.37. The van der Waals surface area contributed by atoms with E-state index < -0.39 is 59.9 Å². The van der Waals surface area contributed by atoms with Gasteiger partial charge in [-0.25, -0.2) is 4.79 Å². The van der Waals surface area contributed by atoms with Crippen molar-refractivity contribution < 1.29 is 43.7 Å². The predicted octanol–water partition coefficient (Wildman–Crippen LogP) is 8.46. The van der Waals surface area contributed by atoms with E-state index in [2.05, 4.69) is 10.6 Å². The van der Waals surface area contributed by atoms with E-state index in [0.29, 0.717) is 44.3 Å². The first-order valence-electron chi connectivity index (χ1n) is 18.8. The van der Waals surface area contributed by atoms with Gasteiger partial charge in [0.2, 0.25) is 11.8 Å². The van der Waals surface area contributed by atoms with Crippen LogP contribution in [0.4, 0.5) is 0 Å². The van der Waals surface area contributed by atoms with Crippen LogP contribution in [0.3, 0.4) is 0 Å². The Hall–Kier alpha value is -5.86. The summed E-state index contributed by atoms with van der Waals surface area (Å²) in [6.45, 7) is 7.04. The zero-order valence-corrected chi connectivity index (χ0v) is 36.3. The third kappa shape index (κ3) is 8.96. The van der Waals surface area contributed by atoms with Gasteiger partial charge in [0.25, 0.3) is 11.8 Å². The summed E-state index contributed by atoms with van der Waals surface area (Å²) in [6, 6.07) is 17.7. The summed E-state index contributed by atoms with van der Waals surface area (Å²) in [7, 11) is 0. The van der Waals surface area contributed by atoms with Gasteiger partial charge in [0.05, 0.1) is 48.9 Å². The van der Waals surface area contributed by atoms with Gasteiger partial charge in [-0.3, -0.25) is 33.1 Å². The molecule has 61 heavy (non-hydrogen) atoms. The fourth-order valence-electron chi connectivity index (χ4n) is 7.31. The minimum atomic E-state index is -1.06. The van der Waals surface area contributed by atoms with Crippen LogP contribution in [-0.2, 0) is 23.9 Å². The number of hydrogen-bond donors (Lipinski definition) is 4. The molecule has 4 N–H and O–H groups in total. The normalized spacial score (nSPS) is 12.8. The van der Waals surface area contributed by atoms with Crippen LogP contribution < -0.4 is 10.6 Å². The van der Waals surface area contributed by atoms with E-state index in [1.165, 1.54) is 76.7 Å². The fourth-order valence-corrected chi connectivity index (χ4v) is 7.90. The van der Waals surface area contributed by atoms with Crippen molar-refractivity contribution in [2.45, 2.75) is 46.5 Å². The van der Waals surface area contributed by atoms with Gasteiger partial charge < -0.3 is 25.6 Å². The number of fused-ring (bicyclic) bond motifs is 2. The van der Waals surface area contributed by atoms with E-state index in [9.17, 15) is 39.0 Å². The molecule has 0 aliphatic carbocycles. The molecule has 6 aromatic rings. The Morgan fingerprint density at radius 1 is 0.607 bits per heavy atom. The highest BCUT2D eigenvalue weighted by molar-refractivity contribution is 6.42. The van der Waals surface area contributed by atoms with Crippen LogP contribution in [0.5, 0.6) is 11.5 Å². The molecule has 6 rings (SSSR count). The number of nitrogens with one attached hydrogen (secondary N) is 2. The third-order valence-corrected chi connectivity index (χ3v) is 11.9. The van der Waals surface area contributed by atoms with E-state index in [1.54, 1.807) is 39.8 Å². The monoisotopic (exact) mass is 906 g/mol. The number of aromatic nitrogens is 2. The van der Waals surface area contributed by atoms with E-state index >= 15 is 0 Å². The van der Waals surface area contributed by atoms with Crippen LogP contribution in [-0.4, -0.2) is 68.0 Å². The number of aromatic hydroxyl groups is 2. The van der Waals surface area contributed by atoms with Crippen molar-refractivity contribution in [1.29, 1.82) is 0 Å². The van der Waals surface area contributed by atoms with Crippen molar-refractivity contribution in [2.24, 2.45) is 5.92 Å². The summed E-state index contributed by atoms with van der Waals surface area (Å²) >= 11 is 24.5. The van der Waals surface area contributed by atoms with Crippen molar-refractivity contribution >= 4 is 104 Å². The zero-order chi connectivity index (χ0) is 44.6. The molecule has 0 saturated carbocycles. The van der Waals surface area contributed by atoms with Crippen molar-refractivity contribution in [3.8, 4) is 11.5 Å². The standard InChI is InChI=1S/C44H38Cl4N4O9/c1-20(18-49-40(56)21(2)38-23(4)51(35-12-8-27(53)16-29(35)38)42(58)25-6-10-31(45)33(47)14-25)44(60)61-37(55)19-50-41(57)22(3)39-24(5)52(36-13-9-28(54)17-30(36)39)43(59)26-7-11-32(46)34(48)15-26/h6-17,20-22,53-54H,18-19H2,1-5H3,(H,49,56)(H,50,57). The molecule has 0 bridgehead atoms. The first-order chi connectivity index (χ1) is 28.8. The van der Waals surface area contributed by atoms with Crippen molar-refractivity contribution in [3.63, 3.8) is 0 Å². The summed E-state index contributed by atoms with van der Waals surface area (Å²) in [5, 5.41) is 27.6. The molecule has 2 amide bonds. The van der Waals surface area contributed by atoms with Gasteiger partial charge in [0.1, 0.15) is 18.0 Å². The first-order valence-corrected chi connectivity index (χ1v) is 20.3. The molecule has 3 unspecified atom stereocenters. The molecule has 2 heterocycles. The number of esters is 2. The molecular weight excluding hydrogens is 870 g/mol. The molecule has 0 radical (unpaired) electrons. The highest BCUT2D eigenvalue weighted by atomic mass is 35.5. The summed E-state index contributed by atoms with van der Waals surface area (Å²) in [4.78, 5) is 80.0. The number of hydrogen-bond acceptors (Lipinski definition) is 9. The number of nitrogens with zero attached hydrogens (tertiary/aromatic N) is 2. The lowest BCUT2D eigenvalue weighted by atomic mass is 9.96. The largest absolute Gasteiger partial charge is 0.508 e. The number of halogens is 4. The van der Waals surface area contributed by atoms with Crippen LogP contribution in [0, 0.1) is 19.8 Å². The fraction of sp³-hybridized carbons (Fsp3) is 0.227. The van der Waals surface area contributed by atoms with Crippen LogP contribution in [0.15, 0.2) is 72.8 Å². The second-order valence-electron chi connectivity index (χ2n) is 14.5. The van der Waals surface area contributed by atoms with Gasteiger partial charge in [-0.2, -0.15) is 0 Å². The molecule has 0 saturated heterocycles. The van der Waals surface area contributed by atoms with Gasteiger partial charge in [0, 0.05) is 39.8 Å². The molecule has 0 spiro atoms. The maximum absolute atomic E-state index is 13.7. The Bertz CT molecular complexity index is 2810. The van der Waals surface area contributed by atoms with Crippen molar-refractivity contribution in [3.05, 3.63) is 127 Å². The van der Waals surface area contributed by atoms with Crippen LogP contribution in [0.2, 0.25) is 20.1 Å². The number of carbonyl (C=O) groups is 6. The Labute approximate surface area is 369 Å². The van der Waals surface area contributed by atoms with Crippen molar-refractivity contribution in [1.82, 2.24) is 19.8 Å². The van der Waals surface area contributed by atoms with Gasteiger partial charge in [-0.15, -0.1) is 0 Å². The van der Waals surface area contributed by atoms with Crippen LogP contribution >= 0.6 is 46.4 Å². The number of phenols is 2. The Balaban J connectivity index is 1.09. The molecule has 4 aromatic carbocycles. The van der Waals surface area contributed by atoms with Gasteiger partial charge >= 0.3 is 11.9 Å². The number of phenolic OH excluding ortho intramolecular Hbond substituents is 2. The van der Waals surface area contributed by atoms with E-state index in [4.69, 9.17) is 51.1 Å². The van der Waals surface area contributed by atoms with E-state index in [0.717, 1.165) is 0 Å². The predicted molar refractivity (Wildman–Crippen MR) is 232 cm³/mol. The lowest BCUT2D eigenvalue weighted by Crippen LogP contribution is -2.38. The summed E-state index contributed by atoms with van der Waals surface area (Å²) in [5.41, 5.74) is 3.04. The number of ether oxygens (including phenoxy) is 1. The second-order valence-corrected chi connectivity index (χ2v) is 16.2. The summed E-state index contributed by atoms with van der Waals surface area (Å²) in [5.74, 6) is -7.03. The molecule has 0 fully saturated rings. The number of carbonyl (C=O) groups excluding carboxylic acids is 6. The van der Waals surface area contributed by atoms with E-state index in [1.807, 2.05) is 0 Å². The Morgan fingerprint density at radius 3 is 1.46 bits per heavy atom. The maximum Gasteiger partial charge on any atom is 0.333 e. The molecule has 316 valence electrons. The summed E-state index contributed by atoms with van der Waals surface area (Å²) in [6.07, 6.45) is 0. The number of benzene rings is 4. The lowest BCUT2D eigenvalue weighted by molar-refractivity contribution is -0.162.